The predicted molar refractivity (Wildman–Crippen MR) is 145 cm³/mol. The number of carbonyl (C=O) groups is 1. The highest BCUT2D eigenvalue weighted by Crippen LogP contribution is 2.43. The number of amides is 1. The molecule has 2 aromatic heterocycles. The molecule has 1 aliphatic carbocycles. The van der Waals surface area contributed by atoms with Crippen molar-refractivity contribution in [3.05, 3.63) is 102 Å². The molecule has 37 heavy (non-hydrogen) atoms. The van der Waals surface area contributed by atoms with Crippen LogP contribution in [0.25, 0.3) is 21.9 Å². The topological polar surface area (TPSA) is 70.7 Å². The summed E-state index contributed by atoms with van der Waals surface area (Å²) >= 11 is 0. The minimum absolute atomic E-state index is 0.146. The molecular weight excluding hydrogens is 463 g/mol. The number of aromatic nitrogens is 3. The highest BCUT2D eigenvalue weighted by Gasteiger charge is 2.29. The second kappa shape index (κ2) is 9.77. The summed E-state index contributed by atoms with van der Waals surface area (Å²) in [5, 5.41) is 3.87. The number of rotatable bonds is 5. The molecule has 2 heterocycles. The lowest BCUT2D eigenvalue weighted by atomic mass is 9.73. The first-order valence-electron chi connectivity index (χ1n) is 13.0. The van der Waals surface area contributed by atoms with Crippen LogP contribution >= 0.6 is 0 Å². The van der Waals surface area contributed by atoms with Crippen LogP contribution in [0.3, 0.4) is 0 Å². The van der Waals surface area contributed by atoms with E-state index in [1.54, 1.807) is 12.1 Å². The second-order valence-corrected chi connectivity index (χ2v) is 10.1. The number of halogens is 1. The molecule has 3 aromatic carbocycles. The van der Waals surface area contributed by atoms with Crippen LogP contribution in [0.2, 0.25) is 0 Å². The van der Waals surface area contributed by atoms with Gasteiger partial charge in [0.15, 0.2) is 0 Å². The first-order valence-corrected chi connectivity index (χ1v) is 13.0. The highest BCUT2D eigenvalue weighted by atomic mass is 19.1. The number of nitrogens with one attached hydrogen (secondary N) is 2. The maximum atomic E-state index is 13.9. The van der Waals surface area contributed by atoms with Crippen LogP contribution in [0.5, 0.6) is 0 Å². The Morgan fingerprint density at radius 2 is 1.78 bits per heavy atom. The number of nitrogens with zero attached hydrogens (tertiary/aromatic N) is 2. The Labute approximate surface area is 215 Å². The van der Waals surface area contributed by atoms with Gasteiger partial charge in [0.1, 0.15) is 11.6 Å². The van der Waals surface area contributed by atoms with Gasteiger partial charge in [-0.15, -0.1) is 0 Å². The van der Waals surface area contributed by atoms with E-state index in [1.165, 1.54) is 11.6 Å². The highest BCUT2D eigenvalue weighted by molar-refractivity contribution is 6.05. The number of para-hydroxylation sites is 1. The number of H-pyrrole nitrogens is 1. The number of hydrogen-bond donors (Lipinski definition) is 2. The zero-order valence-corrected chi connectivity index (χ0v) is 20.7. The van der Waals surface area contributed by atoms with E-state index in [1.807, 2.05) is 54.7 Å². The Kier molecular flexibility index (Phi) is 6.16. The van der Waals surface area contributed by atoms with E-state index in [9.17, 15) is 9.18 Å². The van der Waals surface area contributed by atoms with Gasteiger partial charge < -0.3 is 10.3 Å². The standard InChI is InChI=1S/C31H29FN4O/c1-19(20-7-9-21(10-8-20)25-15-16-33-27-14-12-23(32)18-26(25)27)30-35-28-13-11-22(17-29(28)36-30)31(37)34-24-5-3-2-4-6-24/h2-6,11-21H,7-10H2,1H3,(H,34,37)(H,35,36)/t19?,20-,21+. The van der Waals surface area contributed by atoms with Gasteiger partial charge in [-0.3, -0.25) is 9.78 Å². The number of carbonyl (C=O) groups excluding carboxylic acids is 1. The number of benzene rings is 3. The van der Waals surface area contributed by atoms with Crippen molar-refractivity contribution in [2.24, 2.45) is 5.92 Å². The molecule has 1 atom stereocenters. The van der Waals surface area contributed by atoms with E-state index in [4.69, 9.17) is 4.98 Å². The second-order valence-electron chi connectivity index (χ2n) is 10.1. The quantitative estimate of drug-likeness (QED) is 0.266. The summed E-state index contributed by atoms with van der Waals surface area (Å²) in [6, 6.07) is 22.0. The number of fused-ring (bicyclic) bond motifs is 2. The molecule has 0 saturated heterocycles. The Balaban J connectivity index is 1.15. The lowest BCUT2D eigenvalue weighted by molar-refractivity contribution is 0.102. The average Bonchev–Trinajstić information content (AvgIpc) is 3.36. The van der Waals surface area contributed by atoms with Gasteiger partial charge in [-0.2, -0.15) is 0 Å². The van der Waals surface area contributed by atoms with Crippen molar-refractivity contribution in [1.82, 2.24) is 15.0 Å². The van der Waals surface area contributed by atoms with Crippen LogP contribution in [0.4, 0.5) is 10.1 Å². The Morgan fingerprint density at radius 3 is 2.59 bits per heavy atom. The van der Waals surface area contributed by atoms with Gasteiger partial charge in [-0.25, -0.2) is 9.37 Å². The fourth-order valence-electron chi connectivity index (χ4n) is 5.76. The molecule has 0 bridgehead atoms. The van der Waals surface area contributed by atoms with Crippen molar-refractivity contribution in [3.8, 4) is 0 Å². The summed E-state index contributed by atoms with van der Waals surface area (Å²) in [4.78, 5) is 25.5. The largest absolute Gasteiger partial charge is 0.342 e. The summed E-state index contributed by atoms with van der Waals surface area (Å²) in [5.74, 6) is 1.82. The van der Waals surface area contributed by atoms with Gasteiger partial charge in [0, 0.05) is 28.8 Å². The van der Waals surface area contributed by atoms with E-state index >= 15 is 0 Å². The molecule has 1 saturated carbocycles. The van der Waals surface area contributed by atoms with E-state index in [0.29, 0.717) is 17.4 Å². The van der Waals surface area contributed by atoms with Crippen molar-refractivity contribution in [2.45, 2.75) is 44.4 Å². The summed E-state index contributed by atoms with van der Waals surface area (Å²) < 4.78 is 13.9. The van der Waals surface area contributed by atoms with Gasteiger partial charge in [-0.1, -0.05) is 25.1 Å². The molecule has 5 nitrogen and oxygen atoms in total. The van der Waals surface area contributed by atoms with E-state index in [0.717, 1.165) is 59.1 Å². The number of hydrogen-bond acceptors (Lipinski definition) is 3. The zero-order chi connectivity index (χ0) is 25.4. The first-order chi connectivity index (χ1) is 18.0. The third-order valence-electron chi connectivity index (χ3n) is 7.88. The fraction of sp³-hybridized carbons (Fsp3) is 0.258. The van der Waals surface area contributed by atoms with Crippen molar-refractivity contribution in [3.63, 3.8) is 0 Å². The molecule has 1 fully saturated rings. The molecule has 6 heteroatoms. The predicted octanol–water partition coefficient (Wildman–Crippen LogP) is 7.58. The van der Waals surface area contributed by atoms with E-state index < -0.39 is 0 Å². The van der Waals surface area contributed by atoms with Crippen molar-refractivity contribution in [2.75, 3.05) is 5.32 Å². The molecule has 1 unspecified atom stereocenters. The Morgan fingerprint density at radius 1 is 0.973 bits per heavy atom. The SMILES string of the molecule is CC(c1nc2cc(C(=O)Nc3ccccc3)ccc2[nH]1)[C@H]1CC[C@@H](c2ccnc3ccc(F)cc32)CC1. The van der Waals surface area contributed by atoms with Gasteiger partial charge in [0.25, 0.3) is 5.91 Å². The van der Waals surface area contributed by atoms with Crippen molar-refractivity contribution in [1.29, 1.82) is 0 Å². The molecule has 0 aliphatic heterocycles. The van der Waals surface area contributed by atoms with Crippen molar-refractivity contribution < 1.29 is 9.18 Å². The molecule has 186 valence electrons. The number of imidazole rings is 1. The van der Waals surface area contributed by atoms with Crippen molar-refractivity contribution >= 4 is 33.5 Å². The molecule has 6 rings (SSSR count). The van der Waals surface area contributed by atoms with Crippen LogP contribution in [0, 0.1) is 11.7 Å². The molecule has 1 aliphatic rings. The van der Waals surface area contributed by atoms with Gasteiger partial charge >= 0.3 is 0 Å². The van der Waals surface area contributed by atoms with Crippen LogP contribution in [0.1, 0.15) is 66.2 Å². The van der Waals surface area contributed by atoms with Gasteiger partial charge in [0.05, 0.1) is 16.6 Å². The Hall–Kier alpha value is -4.06. The van der Waals surface area contributed by atoms with Crippen LogP contribution < -0.4 is 5.32 Å². The third kappa shape index (κ3) is 4.71. The number of pyridine rings is 1. The van der Waals surface area contributed by atoms with Crippen LogP contribution in [-0.2, 0) is 0 Å². The van der Waals surface area contributed by atoms with Crippen LogP contribution in [0.15, 0.2) is 79.0 Å². The minimum atomic E-state index is -0.213. The fourth-order valence-corrected chi connectivity index (χ4v) is 5.76. The normalized spacial score (nSPS) is 18.6. The van der Waals surface area contributed by atoms with E-state index in [-0.39, 0.29) is 17.6 Å². The summed E-state index contributed by atoms with van der Waals surface area (Å²) in [5.41, 5.74) is 5.17. The Bertz CT molecular complexity index is 1570. The smallest absolute Gasteiger partial charge is 0.255 e. The molecular formula is C31H29FN4O. The van der Waals surface area contributed by atoms with Gasteiger partial charge in [0.2, 0.25) is 0 Å². The number of aromatic amines is 1. The maximum Gasteiger partial charge on any atom is 0.255 e. The average molecular weight is 493 g/mol. The first kappa shape index (κ1) is 23.3. The summed E-state index contributed by atoms with van der Waals surface area (Å²) in [7, 11) is 0. The maximum absolute atomic E-state index is 13.9. The van der Waals surface area contributed by atoms with Gasteiger partial charge in [-0.05, 0) is 97.7 Å². The monoisotopic (exact) mass is 492 g/mol. The molecule has 0 radical (unpaired) electrons. The lowest BCUT2D eigenvalue weighted by Crippen LogP contribution is -2.19. The summed E-state index contributed by atoms with van der Waals surface area (Å²) in [6.45, 7) is 2.24. The number of anilines is 1. The summed E-state index contributed by atoms with van der Waals surface area (Å²) in [6.07, 6.45) is 6.15. The van der Waals surface area contributed by atoms with E-state index in [2.05, 4.69) is 28.3 Å². The molecule has 2 N–H and O–H groups in total. The molecule has 5 aromatic rings. The molecule has 1 amide bonds. The lowest BCUT2D eigenvalue weighted by Gasteiger charge is -2.32. The van der Waals surface area contributed by atoms with Crippen LogP contribution in [-0.4, -0.2) is 20.9 Å². The zero-order valence-electron chi connectivity index (χ0n) is 20.7. The molecule has 0 spiro atoms. The third-order valence-corrected chi connectivity index (χ3v) is 7.88. The minimum Gasteiger partial charge on any atom is -0.342 e.